The zero-order valence-corrected chi connectivity index (χ0v) is 7.65. The van der Waals surface area contributed by atoms with Gasteiger partial charge in [0.1, 0.15) is 0 Å². The van der Waals surface area contributed by atoms with Crippen molar-refractivity contribution in [3.63, 3.8) is 0 Å². The first-order valence-corrected chi connectivity index (χ1v) is 4.24. The second kappa shape index (κ2) is 3.79. The Kier molecular flexibility index (Phi) is 2.32. The lowest BCUT2D eigenvalue weighted by atomic mass is 10.2. The van der Waals surface area contributed by atoms with Crippen LogP contribution in [0.2, 0.25) is 0 Å². The molecule has 3 N–H and O–H groups in total. The van der Waals surface area contributed by atoms with E-state index in [4.69, 9.17) is 0 Å². The molecule has 2 rings (SSSR count). The molecule has 0 fully saturated rings. The van der Waals surface area contributed by atoms with Gasteiger partial charge in [0.25, 0.3) is 5.91 Å². The Labute approximate surface area is 84.3 Å². The maximum absolute atomic E-state index is 11.6. The summed E-state index contributed by atoms with van der Waals surface area (Å²) in [7, 11) is 0. The average Bonchev–Trinajstić information content (AvgIpc) is 2.70. The van der Waals surface area contributed by atoms with E-state index in [0.717, 1.165) is 0 Å². The summed E-state index contributed by atoms with van der Waals surface area (Å²) in [5.74, 6) is -0.345. The molecule has 15 heavy (non-hydrogen) atoms. The number of H-pyrrole nitrogens is 2. The van der Waals surface area contributed by atoms with E-state index < -0.39 is 0 Å². The van der Waals surface area contributed by atoms with Crippen molar-refractivity contribution in [2.24, 2.45) is 0 Å². The van der Waals surface area contributed by atoms with Gasteiger partial charge in [-0.3, -0.25) is 14.7 Å². The first-order valence-electron chi connectivity index (χ1n) is 4.24. The van der Waals surface area contributed by atoms with Gasteiger partial charge < -0.3 is 10.3 Å². The third-order valence-electron chi connectivity index (χ3n) is 1.79. The van der Waals surface area contributed by atoms with E-state index in [-0.39, 0.29) is 11.5 Å². The highest BCUT2D eigenvalue weighted by Gasteiger charge is 2.06. The first-order chi connectivity index (χ1) is 7.25. The lowest BCUT2D eigenvalue weighted by molar-refractivity contribution is 0.102. The van der Waals surface area contributed by atoms with Gasteiger partial charge in [-0.25, -0.2) is 0 Å². The third kappa shape index (κ3) is 2.11. The molecule has 0 aliphatic heterocycles. The number of aromatic amines is 2. The van der Waals surface area contributed by atoms with Gasteiger partial charge in [-0.15, -0.1) is 0 Å². The Bertz CT molecular complexity index is 515. The number of anilines is 1. The number of nitrogens with zero attached hydrogens (tertiary/aromatic N) is 1. The van der Waals surface area contributed by atoms with E-state index in [1.54, 1.807) is 6.20 Å². The third-order valence-corrected chi connectivity index (χ3v) is 1.79. The normalized spacial score (nSPS) is 9.87. The molecule has 6 heteroatoms. The molecule has 0 atom stereocenters. The van der Waals surface area contributed by atoms with Crippen LogP contribution in [0.15, 0.2) is 35.5 Å². The Morgan fingerprint density at radius 3 is 3.00 bits per heavy atom. The molecule has 76 valence electrons. The molecule has 0 aromatic carbocycles. The minimum Gasteiger partial charge on any atom is -0.329 e. The van der Waals surface area contributed by atoms with Gasteiger partial charge in [-0.2, -0.15) is 5.10 Å². The lowest BCUT2D eigenvalue weighted by Crippen LogP contribution is -2.15. The number of nitrogens with one attached hydrogen (secondary N) is 3. The molecule has 2 aromatic heterocycles. The lowest BCUT2D eigenvalue weighted by Gasteiger charge is -2.00. The van der Waals surface area contributed by atoms with E-state index in [2.05, 4.69) is 20.5 Å². The van der Waals surface area contributed by atoms with Crippen LogP contribution >= 0.6 is 0 Å². The van der Waals surface area contributed by atoms with E-state index in [1.165, 1.54) is 24.5 Å². The summed E-state index contributed by atoms with van der Waals surface area (Å²) < 4.78 is 0. The fourth-order valence-corrected chi connectivity index (χ4v) is 1.11. The van der Waals surface area contributed by atoms with Crippen molar-refractivity contribution >= 4 is 11.6 Å². The maximum Gasteiger partial charge on any atom is 0.256 e. The molecule has 0 unspecified atom stereocenters. The maximum atomic E-state index is 11.6. The molecule has 1 amide bonds. The fraction of sp³-hybridized carbons (Fsp3) is 0. The molecule has 6 nitrogen and oxygen atoms in total. The smallest absolute Gasteiger partial charge is 0.256 e. The van der Waals surface area contributed by atoms with Crippen molar-refractivity contribution in [1.82, 2.24) is 15.2 Å². The predicted molar refractivity (Wildman–Crippen MR) is 53.6 cm³/mol. The van der Waals surface area contributed by atoms with Gasteiger partial charge in [-0.1, -0.05) is 0 Å². The zero-order chi connectivity index (χ0) is 10.7. The van der Waals surface area contributed by atoms with Crippen LogP contribution in [-0.2, 0) is 0 Å². The monoisotopic (exact) mass is 204 g/mol. The molecular formula is C9H8N4O2. The minimum atomic E-state index is -0.345. The number of carbonyl (C=O) groups excluding carboxylic acids is 1. The SMILES string of the molecule is O=C(Nc1cn[nH]c1)c1cc[nH]c(=O)c1. The Hall–Kier alpha value is -2.37. The van der Waals surface area contributed by atoms with Crippen LogP contribution in [0.4, 0.5) is 5.69 Å². The summed E-state index contributed by atoms with van der Waals surface area (Å²) in [5, 5.41) is 8.82. The summed E-state index contributed by atoms with van der Waals surface area (Å²) in [6.45, 7) is 0. The predicted octanol–water partition coefficient (Wildman–Crippen LogP) is 0.350. The van der Waals surface area contributed by atoms with Crippen LogP contribution in [0.25, 0.3) is 0 Å². The van der Waals surface area contributed by atoms with Crippen molar-refractivity contribution in [2.45, 2.75) is 0 Å². The molecule has 0 spiro atoms. The summed E-state index contributed by atoms with van der Waals surface area (Å²) in [6.07, 6.45) is 4.45. The highest BCUT2D eigenvalue weighted by Crippen LogP contribution is 2.04. The second-order valence-electron chi connectivity index (χ2n) is 2.88. The number of amides is 1. The molecule has 2 heterocycles. The Morgan fingerprint density at radius 2 is 2.33 bits per heavy atom. The number of carbonyl (C=O) groups is 1. The van der Waals surface area contributed by atoms with Gasteiger partial charge in [0.15, 0.2) is 0 Å². The van der Waals surface area contributed by atoms with Gasteiger partial charge in [0, 0.05) is 24.0 Å². The number of aromatic nitrogens is 3. The van der Waals surface area contributed by atoms with Crippen LogP contribution in [0.3, 0.4) is 0 Å². The van der Waals surface area contributed by atoms with Crippen molar-refractivity contribution in [2.75, 3.05) is 5.32 Å². The van der Waals surface area contributed by atoms with Crippen LogP contribution in [-0.4, -0.2) is 21.1 Å². The molecule has 0 radical (unpaired) electrons. The fourth-order valence-electron chi connectivity index (χ4n) is 1.11. The number of rotatable bonds is 2. The average molecular weight is 204 g/mol. The Morgan fingerprint density at radius 1 is 1.47 bits per heavy atom. The summed E-state index contributed by atoms with van der Waals surface area (Å²) in [5.41, 5.74) is 0.551. The van der Waals surface area contributed by atoms with Gasteiger partial charge in [0.2, 0.25) is 5.56 Å². The van der Waals surface area contributed by atoms with Crippen molar-refractivity contribution < 1.29 is 4.79 Å². The highest BCUT2D eigenvalue weighted by molar-refractivity contribution is 6.03. The molecule has 0 aliphatic rings. The Balaban J connectivity index is 2.18. The number of hydrogen-bond acceptors (Lipinski definition) is 3. The van der Waals surface area contributed by atoms with Gasteiger partial charge in [0.05, 0.1) is 11.9 Å². The quantitative estimate of drug-likeness (QED) is 0.659. The van der Waals surface area contributed by atoms with Crippen molar-refractivity contribution in [3.05, 3.63) is 46.6 Å². The highest BCUT2D eigenvalue weighted by atomic mass is 16.2. The first kappa shape index (κ1) is 9.20. The molecule has 0 saturated carbocycles. The van der Waals surface area contributed by atoms with Crippen molar-refractivity contribution in [3.8, 4) is 0 Å². The largest absolute Gasteiger partial charge is 0.329 e. The van der Waals surface area contributed by atoms with Gasteiger partial charge in [-0.05, 0) is 6.07 Å². The second-order valence-corrected chi connectivity index (χ2v) is 2.88. The standard InChI is InChI=1S/C9H8N4O2/c14-8-3-6(1-2-10-8)9(15)13-7-4-11-12-5-7/h1-5H,(H,10,14)(H,11,12)(H,13,15). The van der Waals surface area contributed by atoms with E-state index >= 15 is 0 Å². The summed E-state index contributed by atoms with van der Waals surface area (Å²) >= 11 is 0. The van der Waals surface area contributed by atoms with Crippen molar-refractivity contribution in [1.29, 1.82) is 0 Å². The zero-order valence-electron chi connectivity index (χ0n) is 7.65. The molecule has 0 bridgehead atoms. The van der Waals surface area contributed by atoms with Crippen LogP contribution < -0.4 is 10.9 Å². The molecule has 2 aromatic rings. The minimum absolute atomic E-state index is 0.306. The van der Waals surface area contributed by atoms with Crippen LogP contribution in [0, 0.1) is 0 Å². The molecule has 0 saturated heterocycles. The molecule has 0 aliphatic carbocycles. The summed E-state index contributed by atoms with van der Waals surface area (Å²) in [6, 6.07) is 2.76. The molecular weight excluding hydrogens is 196 g/mol. The van der Waals surface area contributed by atoms with Crippen LogP contribution in [0.5, 0.6) is 0 Å². The van der Waals surface area contributed by atoms with E-state index in [9.17, 15) is 9.59 Å². The number of hydrogen-bond donors (Lipinski definition) is 3. The van der Waals surface area contributed by atoms with E-state index in [0.29, 0.717) is 11.3 Å². The number of pyridine rings is 1. The van der Waals surface area contributed by atoms with Crippen LogP contribution in [0.1, 0.15) is 10.4 Å². The topological polar surface area (TPSA) is 90.6 Å². The van der Waals surface area contributed by atoms with E-state index in [1.807, 2.05) is 0 Å². The van der Waals surface area contributed by atoms with Gasteiger partial charge >= 0.3 is 0 Å². The summed E-state index contributed by atoms with van der Waals surface area (Å²) in [4.78, 5) is 24.9.